The summed E-state index contributed by atoms with van der Waals surface area (Å²) in [6, 6.07) is 8.27. The van der Waals surface area contributed by atoms with E-state index in [9.17, 15) is 0 Å². The minimum atomic E-state index is -0.161. The Morgan fingerprint density at radius 1 is 1.05 bits per heavy atom. The second-order valence-corrected chi connectivity index (χ2v) is 4.88. The summed E-state index contributed by atoms with van der Waals surface area (Å²) in [5.41, 5.74) is 11.7. The standard InChI is InChI=1S/C17H23NO/c1-4-12-10-13(5-2)16(14(6-3)11-12)17(18)15-8-7-9-19-15/h7-11,17H,4-6,18H2,1-3H3. The Kier molecular flexibility index (Phi) is 4.43. The average molecular weight is 257 g/mol. The summed E-state index contributed by atoms with van der Waals surface area (Å²) in [6.45, 7) is 6.57. The largest absolute Gasteiger partial charge is 0.467 e. The van der Waals surface area contributed by atoms with Crippen molar-refractivity contribution < 1.29 is 4.42 Å². The number of benzene rings is 1. The smallest absolute Gasteiger partial charge is 0.125 e. The first-order chi connectivity index (χ1) is 9.21. The average Bonchev–Trinajstić information content (AvgIpc) is 2.99. The highest BCUT2D eigenvalue weighted by Gasteiger charge is 2.19. The summed E-state index contributed by atoms with van der Waals surface area (Å²) in [5, 5.41) is 0. The number of aryl methyl sites for hydroxylation is 3. The molecular formula is C17H23NO. The lowest BCUT2D eigenvalue weighted by molar-refractivity contribution is 0.488. The summed E-state index contributed by atoms with van der Waals surface area (Å²) in [4.78, 5) is 0. The number of furan rings is 1. The van der Waals surface area contributed by atoms with Crippen molar-refractivity contribution in [2.24, 2.45) is 5.73 Å². The van der Waals surface area contributed by atoms with E-state index in [2.05, 4.69) is 32.9 Å². The van der Waals surface area contributed by atoms with E-state index >= 15 is 0 Å². The topological polar surface area (TPSA) is 39.2 Å². The molecule has 0 saturated carbocycles. The van der Waals surface area contributed by atoms with Gasteiger partial charge in [-0.1, -0.05) is 32.9 Å². The zero-order valence-electron chi connectivity index (χ0n) is 12.1. The number of hydrogen-bond acceptors (Lipinski definition) is 2. The zero-order valence-corrected chi connectivity index (χ0v) is 12.1. The van der Waals surface area contributed by atoms with Crippen LogP contribution in [0.4, 0.5) is 0 Å². The zero-order chi connectivity index (χ0) is 13.8. The van der Waals surface area contributed by atoms with Crippen LogP contribution in [-0.2, 0) is 19.3 Å². The van der Waals surface area contributed by atoms with E-state index in [1.807, 2.05) is 12.1 Å². The van der Waals surface area contributed by atoms with Gasteiger partial charge >= 0.3 is 0 Å². The molecule has 0 radical (unpaired) electrons. The van der Waals surface area contributed by atoms with Gasteiger partial charge in [0.2, 0.25) is 0 Å². The second-order valence-electron chi connectivity index (χ2n) is 4.88. The minimum absolute atomic E-state index is 0.161. The normalized spacial score (nSPS) is 12.6. The third-order valence-corrected chi connectivity index (χ3v) is 3.74. The molecule has 2 heteroatoms. The molecule has 102 valence electrons. The molecule has 0 aliphatic rings. The van der Waals surface area contributed by atoms with Gasteiger partial charge in [-0.05, 0) is 53.6 Å². The summed E-state index contributed by atoms with van der Waals surface area (Å²) in [7, 11) is 0. The van der Waals surface area contributed by atoms with E-state index in [-0.39, 0.29) is 6.04 Å². The summed E-state index contributed by atoms with van der Waals surface area (Å²) in [5.74, 6) is 0.841. The third-order valence-electron chi connectivity index (χ3n) is 3.74. The first-order valence-corrected chi connectivity index (χ1v) is 7.14. The van der Waals surface area contributed by atoms with Crippen LogP contribution in [0.2, 0.25) is 0 Å². The highest BCUT2D eigenvalue weighted by atomic mass is 16.3. The van der Waals surface area contributed by atoms with E-state index in [1.165, 1.54) is 22.3 Å². The van der Waals surface area contributed by atoms with Gasteiger partial charge in [-0.3, -0.25) is 0 Å². The van der Waals surface area contributed by atoms with Crippen molar-refractivity contribution in [3.8, 4) is 0 Å². The van der Waals surface area contributed by atoms with E-state index in [4.69, 9.17) is 10.2 Å². The predicted octanol–water partition coefficient (Wildman–Crippen LogP) is 4.01. The van der Waals surface area contributed by atoms with E-state index < -0.39 is 0 Å². The Balaban J connectivity index is 2.54. The molecule has 2 nitrogen and oxygen atoms in total. The molecule has 1 atom stereocenters. The van der Waals surface area contributed by atoms with Crippen LogP contribution in [0, 0.1) is 0 Å². The lowest BCUT2D eigenvalue weighted by Crippen LogP contribution is -2.16. The van der Waals surface area contributed by atoms with E-state index in [0.717, 1.165) is 25.0 Å². The molecule has 0 spiro atoms. The Morgan fingerprint density at radius 3 is 2.11 bits per heavy atom. The fourth-order valence-corrected chi connectivity index (χ4v) is 2.65. The number of nitrogens with two attached hydrogens (primary N) is 1. The van der Waals surface area contributed by atoms with Crippen molar-refractivity contribution in [2.45, 2.75) is 46.1 Å². The second kappa shape index (κ2) is 6.07. The molecule has 1 aromatic heterocycles. The van der Waals surface area contributed by atoms with Crippen LogP contribution in [-0.4, -0.2) is 0 Å². The van der Waals surface area contributed by atoms with Crippen LogP contribution in [0.5, 0.6) is 0 Å². The summed E-state index contributed by atoms with van der Waals surface area (Å²) >= 11 is 0. The van der Waals surface area contributed by atoms with Crippen LogP contribution in [0.3, 0.4) is 0 Å². The molecule has 0 aliphatic heterocycles. The van der Waals surface area contributed by atoms with Crippen LogP contribution in [0.15, 0.2) is 34.9 Å². The monoisotopic (exact) mass is 257 g/mol. The number of hydrogen-bond donors (Lipinski definition) is 1. The lowest BCUT2D eigenvalue weighted by atomic mass is 9.89. The van der Waals surface area contributed by atoms with Crippen molar-refractivity contribution in [1.29, 1.82) is 0 Å². The van der Waals surface area contributed by atoms with Crippen LogP contribution < -0.4 is 5.73 Å². The molecule has 0 fully saturated rings. The molecule has 1 unspecified atom stereocenters. The molecule has 0 saturated heterocycles. The number of rotatable bonds is 5. The van der Waals surface area contributed by atoms with Gasteiger partial charge in [-0.2, -0.15) is 0 Å². The first kappa shape index (κ1) is 13.9. The maximum Gasteiger partial charge on any atom is 0.125 e. The first-order valence-electron chi connectivity index (χ1n) is 7.14. The third kappa shape index (κ3) is 2.74. The van der Waals surface area contributed by atoms with Gasteiger partial charge in [-0.25, -0.2) is 0 Å². The minimum Gasteiger partial charge on any atom is -0.467 e. The van der Waals surface area contributed by atoms with Crippen molar-refractivity contribution in [3.63, 3.8) is 0 Å². The molecule has 2 rings (SSSR count). The molecule has 1 aromatic carbocycles. The SMILES string of the molecule is CCc1cc(CC)c(C(N)c2ccco2)c(CC)c1. The Hall–Kier alpha value is -1.54. The molecular weight excluding hydrogens is 234 g/mol. The van der Waals surface area contributed by atoms with Crippen LogP contribution in [0.1, 0.15) is 54.8 Å². The summed E-state index contributed by atoms with van der Waals surface area (Å²) < 4.78 is 5.48. The lowest BCUT2D eigenvalue weighted by Gasteiger charge is -2.20. The van der Waals surface area contributed by atoms with Crippen LogP contribution in [0.25, 0.3) is 0 Å². The van der Waals surface area contributed by atoms with Crippen molar-refractivity contribution in [1.82, 2.24) is 0 Å². The van der Waals surface area contributed by atoms with Gasteiger partial charge in [-0.15, -0.1) is 0 Å². The molecule has 1 heterocycles. The van der Waals surface area contributed by atoms with Gasteiger partial charge in [0.05, 0.1) is 12.3 Å². The van der Waals surface area contributed by atoms with Crippen LogP contribution >= 0.6 is 0 Å². The van der Waals surface area contributed by atoms with Crippen molar-refractivity contribution >= 4 is 0 Å². The molecule has 2 N–H and O–H groups in total. The predicted molar refractivity (Wildman–Crippen MR) is 79.3 cm³/mol. The van der Waals surface area contributed by atoms with Gasteiger partial charge in [0.25, 0.3) is 0 Å². The molecule has 2 aromatic rings. The Labute approximate surface area is 115 Å². The quantitative estimate of drug-likeness (QED) is 0.878. The fourth-order valence-electron chi connectivity index (χ4n) is 2.65. The highest BCUT2D eigenvalue weighted by molar-refractivity contribution is 5.44. The van der Waals surface area contributed by atoms with Gasteiger partial charge < -0.3 is 10.2 Å². The van der Waals surface area contributed by atoms with Crippen molar-refractivity contribution in [2.75, 3.05) is 0 Å². The maximum absolute atomic E-state index is 6.41. The van der Waals surface area contributed by atoms with E-state index in [1.54, 1.807) is 6.26 Å². The van der Waals surface area contributed by atoms with E-state index in [0.29, 0.717) is 0 Å². The molecule has 19 heavy (non-hydrogen) atoms. The summed E-state index contributed by atoms with van der Waals surface area (Å²) in [6.07, 6.45) is 4.76. The maximum atomic E-state index is 6.41. The molecule has 0 aliphatic carbocycles. The molecule has 0 amide bonds. The Morgan fingerprint density at radius 2 is 1.68 bits per heavy atom. The fraction of sp³-hybridized carbons (Fsp3) is 0.412. The highest BCUT2D eigenvalue weighted by Crippen LogP contribution is 2.29. The van der Waals surface area contributed by atoms with Gasteiger partial charge in [0.1, 0.15) is 5.76 Å². The van der Waals surface area contributed by atoms with Gasteiger partial charge in [0.15, 0.2) is 0 Å². The molecule has 0 bridgehead atoms. The Bertz CT molecular complexity index is 503. The van der Waals surface area contributed by atoms with Crippen molar-refractivity contribution in [3.05, 3.63) is 58.5 Å². The van der Waals surface area contributed by atoms with Gasteiger partial charge in [0, 0.05) is 0 Å².